The van der Waals surface area contributed by atoms with Crippen molar-refractivity contribution in [1.82, 2.24) is 9.80 Å². The third kappa shape index (κ3) is 23.3. The lowest BCUT2D eigenvalue weighted by molar-refractivity contribution is -0.136. The van der Waals surface area contributed by atoms with E-state index in [9.17, 15) is 9.59 Å². The summed E-state index contributed by atoms with van der Waals surface area (Å²) in [6, 6.07) is 0.666. The molecule has 1 fully saturated rings. The van der Waals surface area contributed by atoms with E-state index in [4.69, 9.17) is 9.47 Å². The second kappa shape index (κ2) is 28.5. The molecule has 0 saturated heterocycles. The van der Waals surface area contributed by atoms with Crippen molar-refractivity contribution in [1.29, 1.82) is 0 Å². The molecule has 0 radical (unpaired) electrons. The van der Waals surface area contributed by atoms with Crippen LogP contribution in [0.15, 0.2) is 0 Å². The van der Waals surface area contributed by atoms with Gasteiger partial charge in [-0.05, 0) is 102 Å². The fourth-order valence-electron chi connectivity index (χ4n) is 6.39. The topological polar surface area (TPSA) is 59.1 Å². The molecular formula is C42H88N2O4. The molecule has 0 spiro atoms. The summed E-state index contributed by atoms with van der Waals surface area (Å²) in [5.41, 5.74) is 0. The maximum Gasteiger partial charge on any atom is 0.225 e. The van der Waals surface area contributed by atoms with Crippen LogP contribution in [0.1, 0.15) is 158 Å². The van der Waals surface area contributed by atoms with Gasteiger partial charge in [-0.15, -0.1) is 0 Å². The molecule has 0 heterocycles. The Hall–Kier alpha value is -1.14. The second-order valence-electron chi connectivity index (χ2n) is 16.5. The van der Waals surface area contributed by atoms with Crippen molar-refractivity contribution >= 4 is 11.8 Å². The van der Waals surface area contributed by atoms with E-state index in [1.165, 1.54) is 6.42 Å². The van der Waals surface area contributed by atoms with E-state index >= 15 is 0 Å². The number of carbonyl (C=O) groups is 2. The van der Waals surface area contributed by atoms with Crippen molar-refractivity contribution in [2.45, 2.75) is 176 Å². The summed E-state index contributed by atoms with van der Waals surface area (Å²) in [7, 11) is 0. The number of ether oxygens (including phenoxy) is 2. The SMILES string of the molecule is CCC(=O)N(CC(C)C)C(C)C.CCCN(C(=O)C(C)C)C(C)C.CCOC(CC(C)C)C(C)C.CCOCC1C(C(C)C)C1C(C)C. The van der Waals surface area contributed by atoms with E-state index in [1.54, 1.807) is 0 Å². The Morgan fingerprint density at radius 2 is 1.12 bits per heavy atom. The molecule has 1 aliphatic carbocycles. The van der Waals surface area contributed by atoms with E-state index < -0.39 is 0 Å². The van der Waals surface area contributed by atoms with Gasteiger partial charge in [0.05, 0.1) is 6.10 Å². The normalized spacial score (nSPS) is 17.7. The van der Waals surface area contributed by atoms with Gasteiger partial charge in [0.15, 0.2) is 0 Å². The first kappa shape index (κ1) is 51.2. The van der Waals surface area contributed by atoms with Gasteiger partial charge in [0.1, 0.15) is 0 Å². The highest BCUT2D eigenvalue weighted by molar-refractivity contribution is 5.78. The first-order valence-electron chi connectivity index (χ1n) is 19.9. The Kier molecular flexibility index (Phi) is 30.5. The van der Waals surface area contributed by atoms with Crippen molar-refractivity contribution < 1.29 is 19.1 Å². The Balaban J connectivity index is -0.000000564. The predicted octanol–water partition coefficient (Wildman–Crippen LogP) is 10.9. The molecule has 2 amide bonds. The van der Waals surface area contributed by atoms with E-state index in [2.05, 4.69) is 118 Å². The molecule has 0 bridgehead atoms. The molecule has 0 aromatic heterocycles. The van der Waals surface area contributed by atoms with Gasteiger partial charge in [0, 0.05) is 57.3 Å². The maximum atomic E-state index is 11.6. The smallest absolute Gasteiger partial charge is 0.225 e. The molecule has 48 heavy (non-hydrogen) atoms. The standard InChI is InChI=1S/C12H24O.2C10H21NO.C10H22O/c1-6-13-7-10-11(8(2)3)12(10)9(4)5;1-6-10(12)11(9(4)5)7-8(2)3;1-6-7-11(9(4)5)10(12)8(2)3;1-6-11-10(9(4)5)7-8(2)3/h8-12H,6-7H2,1-5H3;2*8-9H,6-7H2,1-5H3;8-10H,6-7H2,1-5H3. The lowest BCUT2D eigenvalue weighted by Gasteiger charge is -2.28. The highest BCUT2D eigenvalue weighted by atomic mass is 16.5. The highest BCUT2D eigenvalue weighted by Gasteiger charge is 2.52. The van der Waals surface area contributed by atoms with Crippen LogP contribution in [0.5, 0.6) is 0 Å². The van der Waals surface area contributed by atoms with Gasteiger partial charge >= 0.3 is 0 Å². The van der Waals surface area contributed by atoms with Gasteiger partial charge < -0.3 is 19.3 Å². The second-order valence-corrected chi connectivity index (χ2v) is 16.5. The van der Waals surface area contributed by atoms with Crippen LogP contribution in [0.3, 0.4) is 0 Å². The Morgan fingerprint density at radius 1 is 0.646 bits per heavy atom. The molecule has 1 aliphatic rings. The summed E-state index contributed by atoms with van der Waals surface area (Å²) < 4.78 is 11.1. The summed E-state index contributed by atoms with van der Waals surface area (Å²) in [5.74, 6) is 6.97. The van der Waals surface area contributed by atoms with Crippen LogP contribution in [0.25, 0.3) is 0 Å². The van der Waals surface area contributed by atoms with Crippen LogP contribution in [0.2, 0.25) is 0 Å². The molecular weight excluding hydrogens is 596 g/mol. The number of hydrogen-bond acceptors (Lipinski definition) is 4. The Bertz CT molecular complexity index is 756. The largest absolute Gasteiger partial charge is 0.381 e. The van der Waals surface area contributed by atoms with E-state index in [0.717, 1.165) is 74.8 Å². The van der Waals surface area contributed by atoms with E-state index in [1.807, 2.05) is 30.6 Å². The molecule has 0 N–H and O–H groups in total. The van der Waals surface area contributed by atoms with Crippen LogP contribution in [0, 0.1) is 53.3 Å². The highest BCUT2D eigenvalue weighted by Crippen LogP contribution is 2.54. The van der Waals surface area contributed by atoms with Crippen LogP contribution < -0.4 is 0 Å². The quantitative estimate of drug-likeness (QED) is 0.144. The molecule has 290 valence electrons. The van der Waals surface area contributed by atoms with Gasteiger partial charge in [-0.2, -0.15) is 0 Å². The number of hydrogen-bond donors (Lipinski definition) is 0. The van der Waals surface area contributed by atoms with Gasteiger partial charge in [0.2, 0.25) is 11.8 Å². The molecule has 1 saturated carbocycles. The summed E-state index contributed by atoms with van der Waals surface area (Å²) >= 11 is 0. The molecule has 6 nitrogen and oxygen atoms in total. The third-order valence-corrected chi connectivity index (χ3v) is 8.85. The van der Waals surface area contributed by atoms with Gasteiger partial charge in [-0.25, -0.2) is 0 Å². The fraction of sp³-hybridized carbons (Fsp3) is 0.952. The van der Waals surface area contributed by atoms with Gasteiger partial charge in [0.25, 0.3) is 0 Å². The maximum absolute atomic E-state index is 11.6. The summed E-state index contributed by atoms with van der Waals surface area (Å²) in [4.78, 5) is 26.9. The Morgan fingerprint density at radius 3 is 1.40 bits per heavy atom. The molecule has 1 rings (SSSR count). The monoisotopic (exact) mass is 685 g/mol. The minimum absolute atomic E-state index is 0.124. The van der Waals surface area contributed by atoms with Crippen LogP contribution in [0.4, 0.5) is 0 Å². The first-order chi connectivity index (χ1) is 22.2. The summed E-state index contributed by atoms with van der Waals surface area (Å²) in [6.45, 7) is 47.4. The fourth-order valence-corrected chi connectivity index (χ4v) is 6.39. The average molecular weight is 685 g/mol. The zero-order chi connectivity index (χ0) is 38.3. The van der Waals surface area contributed by atoms with Crippen molar-refractivity contribution in [3.63, 3.8) is 0 Å². The molecule has 0 aromatic carbocycles. The van der Waals surface area contributed by atoms with Crippen molar-refractivity contribution in [3.05, 3.63) is 0 Å². The van der Waals surface area contributed by atoms with Crippen LogP contribution in [-0.4, -0.2) is 72.7 Å². The lowest BCUT2D eigenvalue weighted by atomic mass is 9.97. The molecule has 0 aromatic rings. The van der Waals surface area contributed by atoms with Crippen molar-refractivity contribution in [3.8, 4) is 0 Å². The zero-order valence-electron chi connectivity index (χ0n) is 36.1. The minimum Gasteiger partial charge on any atom is -0.381 e. The third-order valence-electron chi connectivity index (χ3n) is 8.85. The van der Waals surface area contributed by atoms with E-state index in [-0.39, 0.29) is 17.7 Å². The van der Waals surface area contributed by atoms with Crippen molar-refractivity contribution in [2.24, 2.45) is 53.3 Å². The van der Waals surface area contributed by atoms with Crippen molar-refractivity contribution in [2.75, 3.05) is 32.9 Å². The van der Waals surface area contributed by atoms with Crippen LogP contribution >= 0.6 is 0 Å². The number of amides is 2. The average Bonchev–Trinajstić information content (AvgIpc) is 3.72. The van der Waals surface area contributed by atoms with E-state index in [0.29, 0.717) is 36.4 Å². The molecule has 3 unspecified atom stereocenters. The minimum atomic E-state index is 0.124. The number of carbonyl (C=O) groups excluding carboxylic acids is 2. The molecule has 6 heteroatoms. The lowest BCUT2D eigenvalue weighted by Crippen LogP contribution is -2.39. The Labute approximate surface area is 302 Å². The van der Waals surface area contributed by atoms with Gasteiger partial charge in [-0.1, -0.05) is 96.9 Å². The zero-order valence-corrected chi connectivity index (χ0v) is 36.1. The molecule has 0 aliphatic heterocycles. The first-order valence-corrected chi connectivity index (χ1v) is 19.9. The number of rotatable bonds is 18. The van der Waals surface area contributed by atoms with Crippen LogP contribution in [-0.2, 0) is 19.1 Å². The number of nitrogens with zero attached hydrogens (tertiary/aromatic N) is 2. The van der Waals surface area contributed by atoms with Gasteiger partial charge in [-0.3, -0.25) is 9.59 Å². The molecule has 3 atom stereocenters. The predicted molar refractivity (Wildman–Crippen MR) is 210 cm³/mol. The summed E-state index contributed by atoms with van der Waals surface area (Å²) in [5, 5.41) is 0. The summed E-state index contributed by atoms with van der Waals surface area (Å²) in [6.07, 6.45) is 3.30.